The van der Waals surface area contributed by atoms with Crippen LogP contribution in [-0.2, 0) is 4.79 Å². The van der Waals surface area contributed by atoms with Gasteiger partial charge in [-0.2, -0.15) is 11.3 Å². The normalized spacial score (nSPS) is 18.2. The minimum atomic E-state index is -0.924. The van der Waals surface area contributed by atoms with Gasteiger partial charge < -0.3 is 9.64 Å². The second-order valence-electron chi connectivity index (χ2n) is 5.84. The van der Waals surface area contributed by atoms with Gasteiger partial charge in [-0.25, -0.2) is 0 Å². The average molecular weight is 368 g/mol. The highest BCUT2D eigenvalue weighted by Gasteiger charge is 2.40. The number of thioether (sulfide) groups is 1. The molecule has 2 aromatic rings. The van der Waals surface area contributed by atoms with E-state index in [-0.39, 0.29) is 11.3 Å². The molecular formula is C17H18ClNO2S2. The maximum absolute atomic E-state index is 13.0. The van der Waals surface area contributed by atoms with Crippen molar-refractivity contribution in [3.63, 3.8) is 0 Å². The molecule has 0 spiro atoms. The van der Waals surface area contributed by atoms with Gasteiger partial charge in [0.2, 0.25) is 0 Å². The summed E-state index contributed by atoms with van der Waals surface area (Å²) in [5, 5.41) is 4.89. The molecule has 0 unspecified atom stereocenters. The highest BCUT2D eigenvalue weighted by Crippen LogP contribution is 2.40. The average Bonchev–Trinajstić information content (AvgIpc) is 3.18. The molecule has 1 aromatic heterocycles. The van der Waals surface area contributed by atoms with Crippen molar-refractivity contribution in [2.24, 2.45) is 0 Å². The van der Waals surface area contributed by atoms with E-state index in [9.17, 15) is 4.79 Å². The van der Waals surface area contributed by atoms with E-state index in [0.29, 0.717) is 10.8 Å². The van der Waals surface area contributed by atoms with Crippen molar-refractivity contribution in [3.8, 4) is 5.75 Å². The number of ether oxygens (including phenoxy) is 1. The topological polar surface area (TPSA) is 29.5 Å². The van der Waals surface area contributed by atoms with Crippen LogP contribution in [0.15, 0.2) is 41.1 Å². The minimum Gasteiger partial charge on any atom is -0.478 e. The Bertz CT molecular complexity index is 670. The third kappa shape index (κ3) is 3.67. The zero-order valence-electron chi connectivity index (χ0n) is 13.0. The van der Waals surface area contributed by atoms with Crippen LogP contribution in [0.3, 0.4) is 0 Å². The van der Waals surface area contributed by atoms with E-state index in [2.05, 4.69) is 11.4 Å². The fraction of sp³-hybridized carbons (Fsp3) is 0.353. The molecule has 0 N–H and O–H groups in total. The summed E-state index contributed by atoms with van der Waals surface area (Å²) in [4.78, 5) is 14.9. The van der Waals surface area contributed by atoms with E-state index >= 15 is 0 Å². The molecule has 0 bridgehead atoms. The van der Waals surface area contributed by atoms with Gasteiger partial charge in [-0.05, 0) is 60.5 Å². The van der Waals surface area contributed by atoms with Crippen LogP contribution in [0.4, 0.5) is 0 Å². The van der Waals surface area contributed by atoms with Crippen LogP contribution in [0, 0.1) is 0 Å². The number of carbonyl (C=O) groups excluding carboxylic acids is 1. The van der Waals surface area contributed by atoms with Crippen LogP contribution in [0.2, 0.25) is 5.02 Å². The highest BCUT2D eigenvalue weighted by atomic mass is 35.5. The van der Waals surface area contributed by atoms with Gasteiger partial charge in [0, 0.05) is 17.3 Å². The summed E-state index contributed by atoms with van der Waals surface area (Å²) >= 11 is 9.35. The number of hydrogen-bond acceptors (Lipinski definition) is 4. The lowest BCUT2D eigenvalue weighted by Gasteiger charge is -2.32. The molecule has 1 fully saturated rings. The van der Waals surface area contributed by atoms with Crippen molar-refractivity contribution in [3.05, 3.63) is 51.7 Å². The van der Waals surface area contributed by atoms with Gasteiger partial charge in [-0.3, -0.25) is 4.79 Å². The molecule has 0 saturated carbocycles. The lowest BCUT2D eigenvalue weighted by molar-refractivity contribution is -0.145. The number of rotatable bonds is 4. The summed E-state index contributed by atoms with van der Waals surface area (Å²) in [6, 6.07) is 9.18. The lowest BCUT2D eigenvalue weighted by atomic mass is 10.1. The molecule has 23 heavy (non-hydrogen) atoms. The van der Waals surface area contributed by atoms with E-state index < -0.39 is 5.60 Å². The third-order valence-corrected chi connectivity index (χ3v) is 5.90. The number of carbonyl (C=O) groups is 1. The van der Waals surface area contributed by atoms with Crippen molar-refractivity contribution in [1.82, 2.24) is 4.90 Å². The van der Waals surface area contributed by atoms with Crippen molar-refractivity contribution in [2.75, 3.05) is 12.3 Å². The van der Waals surface area contributed by atoms with Crippen molar-refractivity contribution in [1.29, 1.82) is 0 Å². The number of halogens is 1. The summed E-state index contributed by atoms with van der Waals surface area (Å²) in [7, 11) is 0. The first-order valence-corrected chi connectivity index (χ1v) is 9.74. The highest BCUT2D eigenvalue weighted by molar-refractivity contribution is 7.99. The zero-order chi connectivity index (χ0) is 16.4. The summed E-state index contributed by atoms with van der Waals surface area (Å²) in [5.41, 5.74) is 0.264. The van der Waals surface area contributed by atoms with Gasteiger partial charge in [0.25, 0.3) is 5.91 Å². The van der Waals surface area contributed by atoms with Crippen molar-refractivity contribution < 1.29 is 9.53 Å². The smallest absolute Gasteiger partial charge is 0.267 e. The van der Waals surface area contributed by atoms with Crippen LogP contribution >= 0.6 is 34.7 Å². The third-order valence-electron chi connectivity index (χ3n) is 3.68. The number of hydrogen-bond donors (Lipinski definition) is 0. The summed E-state index contributed by atoms with van der Waals surface area (Å²) in [5.74, 6) is 1.60. The Hall–Kier alpha value is -1.17. The largest absolute Gasteiger partial charge is 0.478 e. The standard InChI is InChI=1S/C17H18ClNO2S2/c1-17(2,21-14-5-3-13(18)4-6-14)16(20)19-8-10-23-15(19)12-7-9-22-11-12/h3-7,9,11,15H,8,10H2,1-2H3/t15-/m0/s1. The van der Waals surface area contributed by atoms with Crippen molar-refractivity contribution in [2.45, 2.75) is 24.8 Å². The molecular weight excluding hydrogens is 350 g/mol. The Balaban J connectivity index is 1.76. The Kier molecular flexibility index (Phi) is 4.90. The van der Waals surface area contributed by atoms with Crippen LogP contribution in [0.1, 0.15) is 24.8 Å². The number of thiophene rings is 1. The number of nitrogens with zero attached hydrogens (tertiary/aromatic N) is 1. The molecule has 1 amide bonds. The molecule has 1 saturated heterocycles. The van der Waals surface area contributed by atoms with Crippen molar-refractivity contribution >= 4 is 40.6 Å². The fourth-order valence-electron chi connectivity index (χ4n) is 2.56. The molecule has 1 atom stereocenters. The van der Waals surface area contributed by atoms with Crippen LogP contribution < -0.4 is 4.74 Å². The quantitative estimate of drug-likeness (QED) is 0.774. The van der Waals surface area contributed by atoms with E-state index in [1.807, 2.05) is 24.1 Å². The van der Waals surface area contributed by atoms with Gasteiger partial charge in [0.15, 0.2) is 5.60 Å². The fourth-order valence-corrected chi connectivity index (χ4v) is 4.69. The zero-order valence-corrected chi connectivity index (χ0v) is 15.4. The monoisotopic (exact) mass is 367 g/mol. The predicted molar refractivity (Wildman–Crippen MR) is 97.4 cm³/mol. The Morgan fingerprint density at radius 3 is 2.70 bits per heavy atom. The van der Waals surface area contributed by atoms with E-state index in [1.54, 1.807) is 47.4 Å². The second kappa shape index (κ2) is 6.75. The lowest BCUT2D eigenvalue weighted by Crippen LogP contribution is -2.48. The van der Waals surface area contributed by atoms with Gasteiger partial charge in [-0.1, -0.05) is 11.6 Å². The minimum absolute atomic E-state index is 0.00801. The second-order valence-corrected chi connectivity index (χ2v) is 8.25. The van der Waals surface area contributed by atoms with E-state index in [0.717, 1.165) is 12.3 Å². The molecule has 0 radical (unpaired) electrons. The molecule has 1 aromatic carbocycles. The number of amides is 1. The summed E-state index contributed by atoms with van der Waals surface area (Å²) in [6.07, 6.45) is 0. The van der Waals surface area contributed by atoms with Gasteiger partial charge in [0.1, 0.15) is 11.1 Å². The summed E-state index contributed by atoms with van der Waals surface area (Å²) < 4.78 is 5.94. The van der Waals surface area contributed by atoms with E-state index in [1.165, 1.54) is 5.56 Å². The molecule has 2 heterocycles. The SMILES string of the molecule is CC(C)(Oc1ccc(Cl)cc1)C(=O)N1CCS[C@H]1c1ccsc1. The molecule has 6 heteroatoms. The maximum atomic E-state index is 13.0. The Morgan fingerprint density at radius 1 is 1.30 bits per heavy atom. The van der Waals surface area contributed by atoms with Gasteiger partial charge in [-0.15, -0.1) is 11.8 Å². The molecule has 3 nitrogen and oxygen atoms in total. The van der Waals surface area contributed by atoms with Gasteiger partial charge >= 0.3 is 0 Å². The van der Waals surface area contributed by atoms with Crippen LogP contribution in [-0.4, -0.2) is 28.7 Å². The molecule has 1 aliphatic rings. The first kappa shape index (κ1) is 16.7. The number of benzene rings is 1. The molecule has 3 rings (SSSR count). The predicted octanol–water partition coefficient (Wildman–Crippen LogP) is 4.83. The molecule has 1 aliphatic heterocycles. The maximum Gasteiger partial charge on any atom is 0.267 e. The first-order chi connectivity index (χ1) is 11.0. The van der Waals surface area contributed by atoms with Crippen LogP contribution in [0.25, 0.3) is 0 Å². The Morgan fingerprint density at radius 2 is 2.04 bits per heavy atom. The van der Waals surface area contributed by atoms with Crippen LogP contribution in [0.5, 0.6) is 5.75 Å². The summed E-state index contributed by atoms with van der Waals surface area (Å²) in [6.45, 7) is 4.38. The molecule has 0 aliphatic carbocycles. The molecule has 122 valence electrons. The first-order valence-electron chi connectivity index (χ1n) is 7.37. The van der Waals surface area contributed by atoms with E-state index in [4.69, 9.17) is 16.3 Å². The van der Waals surface area contributed by atoms with Gasteiger partial charge in [0.05, 0.1) is 0 Å². The Labute approximate surface area is 149 Å².